The van der Waals surface area contributed by atoms with Crippen molar-refractivity contribution < 1.29 is 17.6 Å². The third-order valence-corrected chi connectivity index (χ3v) is 8.09. The van der Waals surface area contributed by atoms with Crippen molar-refractivity contribution in [3.63, 3.8) is 0 Å². The molecule has 1 aliphatic carbocycles. The van der Waals surface area contributed by atoms with Crippen molar-refractivity contribution >= 4 is 42.9 Å². The number of rotatable bonds is 5. The Morgan fingerprint density at radius 3 is 2.53 bits per heavy atom. The highest BCUT2D eigenvalue weighted by Gasteiger charge is 2.44. The van der Waals surface area contributed by atoms with Gasteiger partial charge < -0.3 is 9.15 Å². The topological polar surface area (TPSA) is 92.2 Å². The molecule has 0 aliphatic heterocycles. The minimum absolute atomic E-state index is 0.174. The fourth-order valence-corrected chi connectivity index (χ4v) is 6.16. The molecule has 9 heteroatoms. The van der Waals surface area contributed by atoms with E-state index in [2.05, 4.69) is 11.1 Å². The van der Waals surface area contributed by atoms with Crippen LogP contribution in [0, 0.1) is 0 Å². The Bertz CT molecular complexity index is 1910. The molecule has 2 unspecified atom stereocenters. The zero-order valence-corrected chi connectivity index (χ0v) is 20.4. The van der Waals surface area contributed by atoms with Gasteiger partial charge in [0, 0.05) is 35.0 Å². The first kappa shape index (κ1) is 21.2. The molecule has 1 fully saturated rings. The van der Waals surface area contributed by atoms with Crippen LogP contribution in [0.15, 0.2) is 77.7 Å². The summed E-state index contributed by atoms with van der Waals surface area (Å²) < 4.78 is 39.3. The van der Waals surface area contributed by atoms with Crippen LogP contribution >= 0.6 is 0 Å². The lowest BCUT2D eigenvalue weighted by Gasteiger charge is -2.07. The van der Waals surface area contributed by atoms with E-state index in [0.29, 0.717) is 22.4 Å². The van der Waals surface area contributed by atoms with Gasteiger partial charge in [0.05, 0.1) is 35.8 Å². The molecule has 0 radical (unpaired) electrons. The van der Waals surface area contributed by atoms with Gasteiger partial charge in [0.1, 0.15) is 11.3 Å². The lowest BCUT2D eigenvalue weighted by Crippen LogP contribution is -2.08. The number of hydrogen-bond donors (Lipinski definition) is 0. The molecule has 0 saturated heterocycles. The van der Waals surface area contributed by atoms with Crippen LogP contribution in [0.2, 0.25) is 0 Å². The van der Waals surface area contributed by atoms with E-state index in [1.54, 1.807) is 13.3 Å². The third-order valence-electron chi connectivity index (χ3n) is 7.08. The van der Waals surface area contributed by atoms with E-state index in [1.165, 1.54) is 16.6 Å². The predicted molar refractivity (Wildman–Crippen MR) is 137 cm³/mol. The first-order valence-electron chi connectivity index (χ1n) is 11.6. The van der Waals surface area contributed by atoms with E-state index in [9.17, 15) is 8.42 Å². The largest absolute Gasteiger partial charge is 0.497 e. The fraction of sp³-hybridized carbons (Fsp3) is 0.185. The predicted octanol–water partition coefficient (Wildman–Crippen LogP) is 5.21. The number of methoxy groups -OCH3 is 1. The number of ether oxygens (including phenoxy) is 1. The van der Waals surface area contributed by atoms with E-state index in [1.807, 2.05) is 59.3 Å². The number of para-hydroxylation sites is 2. The summed E-state index contributed by atoms with van der Waals surface area (Å²) in [6.45, 7) is 0. The standard InChI is InChI=1S/C27H22N4O4S/c1-34-16-11-24(27-25(12-16)35-15-28-27)31-23-10-6-4-8-18(23)26(29-31)20-13-19(20)21-14-30(36(2,32)33)22-9-5-3-7-17(21)22/h3-12,14-15,19-20H,13H2,1-2H3. The van der Waals surface area contributed by atoms with Crippen LogP contribution in [-0.2, 0) is 10.0 Å². The molecule has 1 saturated carbocycles. The van der Waals surface area contributed by atoms with Crippen molar-refractivity contribution in [1.29, 1.82) is 0 Å². The third kappa shape index (κ3) is 3.09. The molecule has 2 atom stereocenters. The lowest BCUT2D eigenvalue weighted by molar-refractivity contribution is 0.414. The zero-order chi connectivity index (χ0) is 24.6. The molecule has 7 rings (SSSR count). The van der Waals surface area contributed by atoms with Crippen LogP contribution in [0.25, 0.3) is 38.6 Å². The summed E-state index contributed by atoms with van der Waals surface area (Å²) in [4.78, 5) is 4.43. The average molecular weight is 499 g/mol. The Morgan fingerprint density at radius 2 is 1.75 bits per heavy atom. The van der Waals surface area contributed by atoms with Gasteiger partial charge >= 0.3 is 0 Å². The molecule has 0 N–H and O–H groups in total. The number of fused-ring (bicyclic) bond motifs is 3. The van der Waals surface area contributed by atoms with E-state index < -0.39 is 10.0 Å². The Kier molecular flexibility index (Phi) is 4.38. The first-order valence-corrected chi connectivity index (χ1v) is 13.5. The monoisotopic (exact) mass is 498 g/mol. The van der Waals surface area contributed by atoms with Gasteiger partial charge in [-0.15, -0.1) is 0 Å². The summed E-state index contributed by atoms with van der Waals surface area (Å²) in [7, 11) is -1.79. The summed E-state index contributed by atoms with van der Waals surface area (Å²) in [6.07, 6.45) is 5.34. The number of oxazole rings is 1. The molecule has 8 nitrogen and oxygen atoms in total. The molecule has 1 aliphatic rings. The quantitative estimate of drug-likeness (QED) is 0.324. The van der Waals surface area contributed by atoms with Crippen molar-refractivity contribution in [3.8, 4) is 11.4 Å². The molecule has 3 aromatic carbocycles. The lowest BCUT2D eigenvalue weighted by atomic mass is 10.1. The van der Waals surface area contributed by atoms with Gasteiger partial charge in [-0.2, -0.15) is 5.10 Å². The number of aromatic nitrogens is 4. The van der Waals surface area contributed by atoms with E-state index >= 15 is 0 Å². The van der Waals surface area contributed by atoms with Crippen molar-refractivity contribution in [2.45, 2.75) is 18.3 Å². The molecule has 0 bridgehead atoms. The maximum atomic E-state index is 12.5. The second kappa shape index (κ2) is 7.44. The second-order valence-corrected chi connectivity index (χ2v) is 11.1. The highest BCUT2D eigenvalue weighted by Crippen LogP contribution is 2.57. The smallest absolute Gasteiger partial charge is 0.236 e. The SMILES string of the molecule is COc1cc(-n2nc(C3CC3c3cn(S(C)(=O)=O)c4ccccc34)c3ccccc32)c2ncoc2c1. The molecule has 180 valence electrons. The zero-order valence-electron chi connectivity index (χ0n) is 19.6. The van der Waals surface area contributed by atoms with Crippen LogP contribution < -0.4 is 4.74 Å². The summed E-state index contributed by atoms with van der Waals surface area (Å²) in [5.41, 5.74) is 5.83. The first-order chi connectivity index (χ1) is 17.4. The average Bonchev–Trinajstić information content (AvgIpc) is 3.23. The van der Waals surface area contributed by atoms with Crippen molar-refractivity contribution in [1.82, 2.24) is 18.7 Å². The molecule has 3 aromatic heterocycles. The highest BCUT2D eigenvalue weighted by molar-refractivity contribution is 7.89. The minimum atomic E-state index is -3.42. The van der Waals surface area contributed by atoms with Crippen molar-refractivity contribution in [2.75, 3.05) is 13.4 Å². The van der Waals surface area contributed by atoms with Gasteiger partial charge in [-0.25, -0.2) is 22.1 Å². The van der Waals surface area contributed by atoms with Gasteiger partial charge in [-0.05, 0) is 30.0 Å². The Balaban J connectivity index is 1.38. The van der Waals surface area contributed by atoms with E-state index in [-0.39, 0.29) is 11.8 Å². The Labute approximate surface area is 206 Å². The van der Waals surface area contributed by atoms with Crippen molar-refractivity contribution in [2.24, 2.45) is 0 Å². The molecule has 36 heavy (non-hydrogen) atoms. The summed E-state index contributed by atoms with van der Waals surface area (Å²) in [5, 5.41) is 7.13. The normalized spacial score (nSPS) is 17.8. The number of benzene rings is 3. The van der Waals surface area contributed by atoms with E-state index in [0.717, 1.165) is 39.7 Å². The van der Waals surface area contributed by atoms with Crippen LogP contribution in [0.5, 0.6) is 5.75 Å². The van der Waals surface area contributed by atoms with Crippen LogP contribution in [0.4, 0.5) is 0 Å². The van der Waals surface area contributed by atoms with Crippen LogP contribution in [-0.4, -0.2) is 40.5 Å². The Hall–Kier alpha value is -4.11. The van der Waals surface area contributed by atoms with Gasteiger partial charge in [-0.3, -0.25) is 0 Å². The highest BCUT2D eigenvalue weighted by atomic mass is 32.2. The van der Waals surface area contributed by atoms with E-state index in [4.69, 9.17) is 14.3 Å². The van der Waals surface area contributed by atoms with Crippen LogP contribution in [0.1, 0.15) is 29.5 Å². The van der Waals surface area contributed by atoms with Gasteiger partial charge in [0.2, 0.25) is 10.0 Å². The molecule has 0 spiro atoms. The molecular formula is C27H22N4O4S. The van der Waals surface area contributed by atoms with Gasteiger partial charge in [0.15, 0.2) is 12.0 Å². The van der Waals surface area contributed by atoms with Crippen molar-refractivity contribution in [3.05, 3.63) is 84.5 Å². The second-order valence-electron chi connectivity index (χ2n) is 9.27. The maximum Gasteiger partial charge on any atom is 0.236 e. The molecular weight excluding hydrogens is 476 g/mol. The number of hydrogen-bond acceptors (Lipinski definition) is 6. The minimum Gasteiger partial charge on any atom is -0.497 e. The molecule has 6 aromatic rings. The van der Waals surface area contributed by atoms with Crippen LogP contribution in [0.3, 0.4) is 0 Å². The molecule has 0 amide bonds. The maximum absolute atomic E-state index is 12.5. The fourth-order valence-electron chi connectivity index (χ4n) is 5.34. The Morgan fingerprint density at radius 1 is 1.00 bits per heavy atom. The summed E-state index contributed by atoms with van der Waals surface area (Å²) in [6, 6.07) is 19.5. The molecule has 3 heterocycles. The summed E-state index contributed by atoms with van der Waals surface area (Å²) >= 11 is 0. The van der Waals surface area contributed by atoms with Gasteiger partial charge in [-0.1, -0.05) is 36.4 Å². The van der Waals surface area contributed by atoms with Gasteiger partial charge in [0.25, 0.3) is 0 Å². The number of nitrogens with zero attached hydrogens (tertiary/aromatic N) is 4. The summed E-state index contributed by atoms with van der Waals surface area (Å²) in [5.74, 6) is 1.02.